The zero-order valence-corrected chi connectivity index (χ0v) is 13.2. The number of methoxy groups -OCH3 is 1. The summed E-state index contributed by atoms with van der Waals surface area (Å²) >= 11 is 1.46. The molecule has 1 aromatic heterocycles. The topological polar surface area (TPSA) is 63.2 Å². The summed E-state index contributed by atoms with van der Waals surface area (Å²) in [6, 6.07) is 7.86. The Morgan fingerprint density at radius 3 is 2.71 bits per heavy atom. The molecule has 0 bridgehead atoms. The van der Waals surface area contributed by atoms with E-state index in [0.717, 1.165) is 16.3 Å². The first-order valence-electron chi connectivity index (χ1n) is 6.69. The average molecular weight is 305 g/mol. The van der Waals surface area contributed by atoms with Crippen molar-refractivity contribution in [2.24, 2.45) is 0 Å². The van der Waals surface area contributed by atoms with Crippen LogP contribution < -0.4 is 15.4 Å². The highest BCUT2D eigenvalue weighted by Crippen LogP contribution is 2.25. The smallest absolute Gasteiger partial charge is 0.270 e. The molecule has 0 spiro atoms. The molecule has 6 heteroatoms. The van der Waals surface area contributed by atoms with E-state index in [9.17, 15) is 4.79 Å². The van der Waals surface area contributed by atoms with Gasteiger partial charge in [-0.05, 0) is 38.2 Å². The number of carbonyl (C=O) groups is 1. The highest BCUT2D eigenvalue weighted by Gasteiger charge is 2.12. The number of aromatic nitrogens is 1. The maximum absolute atomic E-state index is 12.0. The molecule has 1 aromatic carbocycles. The molecule has 0 saturated heterocycles. The fourth-order valence-electron chi connectivity index (χ4n) is 1.68. The summed E-state index contributed by atoms with van der Waals surface area (Å²) in [6.07, 6.45) is 0. The van der Waals surface area contributed by atoms with Crippen molar-refractivity contribution >= 4 is 17.2 Å². The summed E-state index contributed by atoms with van der Waals surface area (Å²) in [6.45, 7) is 2.58. The molecule has 0 radical (unpaired) electrons. The second-order valence-electron chi connectivity index (χ2n) is 4.67. The number of likely N-dealkylation sites (N-methyl/N-ethyl adjacent to an activating group) is 1. The lowest BCUT2D eigenvalue weighted by atomic mass is 10.2. The minimum atomic E-state index is -0.145. The SMILES string of the molecule is CNC(C)CNC(=O)c1csc(-c2ccc(OC)cc2)n1. The van der Waals surface area contributed by atoms with Crippen molar-refractivity contribution in [3.63, 3.8) is 0 Å². The molecule has 1 unspecified atom stereocenters. The fourth-order valence-corrected chi connectivity index (χ4v) is 2.49. The van der Waals surface area contributed by atoms with Gasteiger partial charge in [0.25, 0.3) is 5.91 Å². The van der Waals surface area contributed by atoms with Gasteiger partial charge in [0.1, 0.15) is 16.5 Å². The van der Waals surface area contributed by atoms with Gasteiger partial charge in [-0.25, -0.2) is 4.98 Å². The highest BCUT2D eigenvalue weighted by atomic mass is 32.1. The predicted molar refractivity (Wildman–Crippen MR) is 85.0 cm³/mol. The normalized spacial score (nSPS) is 12.0. The number of ether oxygens (including phenoxy) is 1. The largest absolute Gasteiger partial charge is 0.497 e. The van der Waals surface area contributed by atoms with Crippen LogP contribution in [0.4, 0.5) is 0 Å². The van der Waals surface area contributed by atoms with Gasteiger partial charge in [-0.3, -0.25) is 4.79 Å². The van der Waals surface area contributed by atoms with E-state index in [2.05, 4.69) is 15.6 Å². The zero-order valence-electron chi connectivity index (χ0n) is 12.3. The van der Waals surface area contributed by atoms with E-state index in [-0.39, 0.29) is 11.9 Å². The standard InChI is InChI=1S/C15H19N3O2S/c1-10(16-2)8-17-14(19)13-9-21-15(18-13)11-4-6-12(20-3)7-5-11/h4-7,9-10,16H,8H2,1-3H3,(H,17,19). The number of hydrogen-bond donors (Lipinski definition) is 2. The predicted octanol–water partition coefficient (Wildman–Crippen LogP) is 2.16. The molecule has 1 atom stereocenters. The van der Waals surface area contributed by atoms with Crippen LogP contribution in [0.25, 0.3) is 10.6 Å². The van der Waals surface area contributed by atoms with E-state index >= 15 is 0 Å². The Morgan fingerprint density at radius 1 is 1.38 bits per heavy atom. The average Bonchev–Trinajstić information content (AvgIpc) is 3.02. The maximum Gasteiger partial charge on any atom is 0.270 e. The summed E-state index contributed by atoms with van der Waals surface area (Å²) in [7, 11) is 3.49. The molecule has 5 nitrogen and oxygen atoms in total. The van der Waals surface area contributed by atoms with E-state index in [4.69, 9.17) is 4.74 Å². The molecule has 2 rings (SSSR count). The van der Waals surface area contributed by atoms with Crippen LogP contribution in [0.3, 0.4) is 0 Å². The molecule has 0 saturated carbocycles. The molecule has 0 aliphatic rings. The first-order valence-corrected chi connectivity index (χ1v) is 7.57. The van der Waals surface area contributed by atoms with Gasteiger partial charge >= 0.3 is 0 Å². The first-order chi connectivity index (χ1) is 10.1. The number of hydrogen-bond acceptors (Lipinski definition) is 5. The zero-order chi connectivity index (χ0) is 15.2. The number of nitrogens with zero attached hydrogens (tertiary/aromatic N) is 1. The Labute approximate surface area is 128 Å². The molecule has 2 aromatic rings. The van der Waals surface area contributed by atoms with Gasteiger partial charge in [0, 0.05) is 23.5 Å². The molecule has 1 amide bonds. The Hall–Kier alpha value is -1.92. The Balaban J connectivity index is 2.04. The molecular weight excluding hydrogens is 286 g/mol. The Morgan fingerprint density at radius 2 is 2.10 bits per heavy atom. The molecule has 112 valence electrons. The minimum Gasteiger partial charge on any atom is -0.497 e. The summed E-state index contributed by atoms with van der Waals surface area (Å²) < 4.78 is 5.13. The van der Waals surface area contributed by atoms with E-state index < -0.39 is 0 Å². The molecule has 1 heterocycles. The minimum absolute atomic E-state index is 0.145. The van der Waals surface area contributed by atoms with Gasteiger partial charge in [0.15, 0.2) is 0 Å². The van der Waals surface area contributed by atoms with Crippen LogP contribution in [0.5, 0.6) is 5.75 Å². The molecule has 0 aliphatic heterocycles. The van der Waals surface area contributed by atoms with Crippen LogP contribution in [0.1, 0.15) is 17.4 Å². The van der Waals surface area contributed by atoms with Gasteiger partial charge in [-0.1, -0.05) is 0 Å². The molecule has 0 fully saturated rings. The molecule has 21 heavy (non-hydrogen) atoms. The lowest BCUT2D eigenvalue weighted by Crippen LogP contribution is -2.37. The van der Waals surface area contributed by atoms with Crippen molar-refractivity contribution in [2.75, 3.05) is 20.7 Å². The quantitative estimate of drug-likeness (QED) is 0.858. The monoisotopic (exact) mass is 305 g/mol. The lowest BCUT2D eigenvalue weighted by Gasteiger charge is -2.10. The second kappa shape index (κ2) is 7.19. The number of amides is 1. The van der Waals surface area contributed by atoms with Crippen LogP contribution >= 0.6 is 11.3 Å². The van der Waals surface area contributed by atoms with Crippen molar-refractivity contribution in [3.8, 4) is 16.3 Å². The van der Waals surface area contributed by atoms with Gasteiger partial charge in [-0.2, -0.15) is 0 Å². The Kier molecular flexibility index (Phi) is 5.30. The summed E-state index contributed by atoms with van der Waals surface area (Å²) in [5.74, 6) is 0.655. The van der Waals surface area contributed by atoms with Crippen LogP contribution in [-0.2, 0) is 0 Å². The van der Waals surface area contributed by atoms with Gasteiger partial charge in [0.05, 0.1) is 7.11 Å². The molecule has 0 aliphatic carbocycles. The number of thiazole rings is 1. The number of benzene rings is 1. The molecule has 2 N–H and O–H groups in total. The summed E-state index contributed by atoms with van der Waals surface area (Å²) in [4.78, 5) is 16.4. The third kappa shape index (κ3) is 4.03. The van der Waals surface area contributed by atoms with Crippen molar-refractivity contribution in [2.45, 2.75) is 13.0 Å². The summed E-state index contributed by atoms with van der Waals surface area (Å²) in [5.41, 5.74) is 1.43. The van der Waals surface area contributed by atoms with Crippen LogP contribution in [0, 0.1) is 0 Å². The van der Waals surface area contributed by atoms with Crippen LogP contribution in [0.2, 0.25) is 0 Å². The van der Waals surface area contributed by atoms with E-state index in [1.165, 1.54) is 11.3 Å². The maximum atomic E-state index is 12.0. The van der Waals surface area contributed by atoms with E-state index in [1.54, 1.807) is 12.5 Å². The third-order valence-corrected chi connectivity index (χ3v) is 4.03. The van der Waals surface area contributed by atoms with Gasteiger partial charge in [0.2, 0.25) is 0 Å². The van der Waals surface area contributed by atoms with Crippen molar-refractivity contribution in [1.82, 2.24) is 15.6 Å². The van der Waals surface area contributed by atoms with Crippen molar-refractivity contribution in [1.29, 1.82) is 0 Å². The number of carbonyl (C=O) groups excluding carboxylic acids is 1. The van der Waals surface area contributed by atoms with Gasteiger partial charge < -0.3 is 15.4 Å². The lowest BCUT2D eigenvalue weighted by molar-refractivity contribution is 0.0946. The fraction of sp³-hybridized carbons (Fsp3) is 0.333. The molecular formula is C15H19N3O2S. The third-order valence-electron chi connectivity index (χ3n) is 3.14. The van der Waals surface area contributed by atoms with Crippen LogP contribution in [0.15, 0.2) is 29.6 Å². The van der Waals surface area contributed by atoms with E-state index in [0.29, 0.717) is 12.2 Å². The van der Waals surface area contributed by atoms with Crippen molar-refractivity contribution < 1.29 is 9.53 Å². The highest BCUT2D eigenvalue weighted by molar-refractivity contribution is 7.13. The van der Waals surface area contributed by atoms with Gasteiger partial charge in [-0.15, -0.1) is 11.3 Å². The number of nitrogens with one attached hydrogen (secondary N) is 2. The summed E-state index contributed by atoms with van der Waals surface area (Å²) in [5, 5.41) is 8.52. The second-order valence-corrected chi connectivity index (χ2v) is 5.52. The van der Waals surface area contributed by atoms with Crippen LogP contribution in [-0.4, -0.2) is 37.6 Å². The Bertz CT molecular complexity index is 595. The van der Waals surface area contributed by atoms with E-state index in [1.807, 2.05) is 38.2 Å². The van der Waals surface area contributed by atoms with Crippen molar-refractivity contribution in [3.05, 3.63) is 35.3 Å². The number of rotatable bonds is 6. The first kappa shape index (κ1) is 15.5.